The maximum absolute atomic E-state index is 11.8. The summed E-state index contributed by atoms with van der Waals surface area (Å²) in [7, 11) is 0. The van der Waals surface area contributed by atoms with Crippen LogP contribution in [-0.4, -0.2) is 9.13 Å². The molecule has 0 saturated heterocycles. The molecular formula is C11H14N2OS. The molecular weight excluding hydrogens is 208 g/mol. The first-order valence-corrected chi connectivity index (χ1v) is 5.97. The van der Waals surface area contributed by atoms with Gasteiger partial charge in [0.1, 0.15) is 0 Å². The Bertz CT molecular complexity index is 467. The van der Waals surface area contributed by atoms with E-state index in [1.54, 1.807) is 20.5 Å². The number of imidazole rings is 1. The summed E-state index contributed by atoms with van der Waals surface area (Å²) >= 11 is 1.68. The van der Waals surface area contributed by atoms with Crippen LogP contribution in [0.2, 0.25) is 0 Å². The van der Waals surface area contributed by atoms with Crippen LogP contribution in [0.5, 0.6) is 0 Å². The summed E-state index contributed by atoms with van der Waals surface area (Å²) in [6, 6.07) is 4.06. The minimum Gasteiger partial charge on any atom is -0.299 e. The summed E-state index contributed by atoms with van der Waals surface area (Å²) in [5.74, 6) is 0. The molecule has 2 aromatic heterocycles. The monoisotopic (exact) mass is 222 g/mol. The van der Waals surface area contributed by atoms with Crippen LogP contribution in [0.3, 0.4) is 0 Å². The Morgan fingerprint density at radius 1 is 1.33 bits per heavy atom. The number of hydrogen-bond donors (Lipinski definition) is 0. The standard InChI is InChI=1S/C11H14N2OS/c1-2-5-12-6-7-13(11(12)14)9-10-4-3-8-15-10/h3-4,6-8H,2,5,9H2,1H3. The van der Waals surface area contributed by atoms with Crippen LogP contribution in [0.4, 0.5) is 0 Å². The second-order valence-corrected chi connectivity index (χ2v) is 4.51. The average molecular weight is 222 g/mol. The van der Waals surface area contributed by atoms with Gasteiger partial charge >= 0.3 is 5.69 Å². The van der Waals surface area contributed by atoms with Gasteiger partial charge in [0, 0.05) is 23.8 Å². The molecule has 0 fully saturated rings. The van der Waals surface area contributed by atoms with Crippen molar-refractivity contribution < 1.29 is 0 Å². The molecule has 0 aromatic carbocycles. The number of thiophene rings is 1. The second-order valence-electron chi connectivity index (χ2n) is 3.48. The van der Waals surface area contributed by atoms with E-state index < -0.39 is 0 Å². The quantitative estimate of drug-likeness (QED) is 0.779. The molecule has 3 nitrogen and oxygen atoms in total. The van der Waals surface area contributed by atoms with Gasteiger partial charge in [-0.3, -0.25) is 9.13 Å². The first-order valence-electron chi connectivity index (χ1n) is 5.09. The lowest BCUT2D eigenvalue weighted by Gasteiger charge is -1.98. The maximum Gasteiger partial charge on any atom is 0.328 e. The summed E-state index contributed by atoms with van der Waals surface area (Å²) in [4.78, 5) is 13.0. The molecule has 2 heterocycles. The molecule has 0 bridgehead atoms. The summed E-state index contributed by atoms with van der Waals surface area (Å²) in [6.07, 6.45) is 4.71. The smallest absolute Gasteiger partial charge is 0.299 e. The average Bonchev–Trinajstić information content (AvgIpc) is 2.83. The molecule has 0 aliphatic heterocycles. The molecule has 0 N–H and O–H groups in total. The Hall–Kier alpha value is -1.29. The Morgan fingerprint density at radius 2 is 2.13 bits per heavy atom. The zero-order valence-corrected chi connectivity index (χ0v) is 9.54. The second kappa shape index (κ2) is 4.49. The van der Waals surface area contributed by atoms with Crippen LogP contribution in [0, 0.1) is 0 Å². The van der Waals surface area contributed by atoms with E-state index in [1.165, 1.54) is 4.88 Å². The van der Waals surface area contributed by atoms with Gasteiger partial charge in [-0.15, -0.1) is 11.3 Å². The number of nitrogens with zero attached hydrogens (tertiary/aromatic N) is 2. The highest BCUT2D eigenvalue weighted by Crippen LogP contribution is 2.09. The maximum atomic E-state index is 11.8. The number of rotatable bonds is 4. The summed E-state index contributed by atoms with van der Waals surface area (Å²) in [5, 5.41) is 2.03. The lowest BCUT2D eigenvalue weighted by molar-refractivity contribution is 0.625. The highest BCUT2D eigenvalue weighted by molar-refractivity contribution is 7.09. The Kier molecular flexibility index (Phi) is 3.06. The van der Waals surface area contributed by atoms with E-state index in [4.69, 9.17) is 0 Å². The highest BCUT2D eigenvalue weighted by atomic mass is 32.1. The molecule has 2 rings (SSSR count). The molecule has 0 aliphatic carbocycles. The first kappa shape index (κ1) is 10.2. The predicted octanol–water partition coefficient (Wildman–Crippen LogP) is 2.17. The minimum atomic E-state index is 0.0882. The van der Waals surface area contributed by atoms with Gasteiger partial charge in [-0.1, -0.05) is 13.0 Å². The fraction of sp³-hybridized carbons (Fsp3) is 0.364. The SMILES string of the molecule is CCCn1ccn(Cc2cccs2)c1=O. The predicted molar refractivity (Wildman–Crippen MR) is 62.4 cm³/mol. The van der Waals surface area contributed by atoms with Gasteiger partial charge in [0.2, 0.25) is 0 Å². The van der Waals surface area contributed by atoms with Crippen molar-refractivity contribution in [1.29, 1.82) is 0 Å². The van der Waals surface area contributed by atoms with E-state index >= 15 is 0 Å². The molecule has 15 heavy (non-hydrogen) atoms. The van der Waals surface area contributed by atoms with Crippen LogP contribution >= 0.6 is 11.3 Å². The van der Waals surface area contributed by atoms with E-state index in [1.807, 2.05) is 29.9 Å². The minimum absolute atomic E-state index is 0.0882. The largest absolute Gasteiger partial charge is 0.328 e. The molecule has 0 radical (unpaired) electrons. The number of aryl methyl sites for hydroxylation is 1. The lowest BCUT2D eigenvalue weighted by atomic mass is 10.4. The van der Waals surface area contributed by atoms with Crippen molar-refractivity contribution in [2.24, 2.45) is 0 Å². The van der Waals surface area contributed by atoms with Gasteiger partial charge in [0.25, 0.3) is 0 Å². The molecule has 0 saturated carbocycles. The Morgan fingerprint density at radius 3 is 2.80 bits per heavy atom. The van der Waals surface area contributed by atoms with E-state index in [0.717, 1.165) is 13.0 Å². The zero-order valence-electron chi connectivity index (χ0n) is 8.72. The third-order valence-corrected chi connectivity index (χ3v) is 3.15. The third-order valence-electron chi connectivity index (χ3n) is 2.29. The van der Waals surface area contributed by atoms with Gasteiger partial charge in [-0.25, -0.2) is 4.79 Å². The molecule has 80 valence electrons. The van der Waals surface area contributed by atoms with Gasteiger partial charge in [-0.2, -0.15) is 0 Å². The fourth-order valence-corrected chi connectivity index (χ4v) is 2.26. The van der Waals surface area contributed by atoms with Crippen molar-refractivity contribution in [3.8, 4) is 0 Å². The van der Waals surface area contributed by atoms with Crippen LogP contribution in [0.1, 0.15) is 18.2 Å². The van der Waals surface area contributed by atoms with E-state index in [0.29, 0.717) is 6.54 Å². The molecule has 4 heteroatoms. The number of aromatic nitrogens is 2. The molecule has 2 aromatic rings. The van der Waals surface area contributed by atoms with Crippen LogP contribution in [-0.2, 0) is 13.1 Å². The van der Waals surface area contributed by atoms with E-state index in [2.05, 4.69) is 6.92 Å². The van der Waals surface area contributed by atoms with Crippen molar-refractivity contribution in [2.75, 3.05) is 0 Å². The summed E-state index contributed by atoms with van der Waals surface area (Å²) in [6.45, 7) is 3.56. The Labute approximate surface area is 92.6 Å². The lowest BCUT2D eigenvalue weighted by Crippen LogP contribution is -2.24. The molecule has 0 unspecified atom stereocenters. The normalized spacial score (nSPS) is 10.7. The van der Waals surface area contributed by atoms with Gasteiger partial charge < -0.3 is 0 Å². The van der Waals surface area contributed by atoms with Crippen molar-refractivity contribution in [1.82, 2.24) is 9.13 Å². The van der Waals surface area contributed by atoms with Crippen LogP contribution in [0.25, 0.3) is 0 Å². The van der Waals surface area contributed by atoms with E-state index in [-0.39, 0.29) is 5.69 Å². The molecule has 0 atom stereocenters. The fourth-order valence-electron chi connectivity index (χ4n) is 1.56. The van der Waals surface area contributed by atoms with Crippen LogP contribution in [0.15, 0.2) is 34.7 Å². The molecule has 0 amide bonds. The number of hydrogen-bond acceptors (Lipinski definition) is 2. The third kappa shape index (κ3) is 2.21. The van der Waals surface area contributed by atoms with Gasteiger partial charge in [-0.05, 0) is 17.9 Å². The van der Waals surface area contributed by atoms with Gasteiger partial charge in [0.05, 0.1) is 6.54 Å². The summed E-state index contributed by atoms with van der Waals surface area (Å²) < 4.78 is 3.51. The Balaban J connectivity index is 2.19. The van der Waals surface area contributed by atoms with E-state index in [9.17, 15) is 4.79 Å². The van der Waals surface area contributed by atoms with Crippen LogP contribution < -0.4 is 5.69 Å². The van der Waals surface area contributed by atoms with Crippen molar-refractivity contribution >= 4 is 11.3 Å². The van der Waals surface area contributed by atoms with Crippen molar-refractivity contribution in [3.05, 3.63) is 45.3 Å². The van der Waals surface area contributed by atoms with Crippen molar-refractivity contribution in [3.63, 3.8) is 0 Å². The topological polar surface area (TPSA) is 26.9 Å². The molecule has 0 aliphatic rings. The zero-order chi connectivity index (χ0) is 10.7. The first-order chi connectivity index (χ1) is 7.31. The molecule has 0 spiro atoms. The van der Waals surface area contributed by atoms with Gasteiger partial charge in [0.15, 0.2) is 0 Å². The van der Waals surface area contributed by atoms with Crippen molar-refractivity contribution in [2.45, 2.75) is 26.4 Å². The summed E-state index contributed by atoms with van der Waals surface area (Å²) in [5.41, 5.74) is 0.0882. The highest BCUT2D eigenvalue weighted by Gasteiger charge is 2.03.